The molecule has 0 N–H and O–H groups in total. The summed E-state index contributed by atoms with van der Waals surface area (Å²) in [5, 5.41) is 4.97. The third-order valence-electron chi connectivity index (χ3n) is 4.60. The second-order valence-electron chi connectivity index (χ2n) is 6.86. The Bertz CT molecular complexity index is 785. The van der Waals surface area contributed by atoms with E-state index in [1.807, 2.05) is 25.7 Å². The van der Waals surface area contributed by atoms with Crippen LogP contribution < -0.4 is 0 Å². The van der Waals surface area contributed by atoms with Gasteiger partial charge in [0.2, 0.25) is 5.76 Å². The van der Waals surface area contributed by atoms with Crippen molar-refractivity contribution in [1.29, 1.82) is 0 Å². The molecule has 0 atom stereocenters. The smallest absolute Gasteiger partial charge is 0.292 e. The van der Waals surface area contributed by atoms with Gasteiger partial charge in [-0.25, -0.2) is 4.98 Å². The van der Waals surface area contributed by atoms with Crippen LogP contribution in [0.15, 0.2) is 10.6 Å². The van der Waals surface area contributed by atoms with Crippen molar-refractivity contribution in [3.63, 3.8) is 0 Å². The summed E-state index contributed by atoms with van der Waals surface area (Å²) in [6.45, 7) is 8.82. The van der Waals surface area contributed by atoms with Crippen LogP contribution in [0.25, 0.3) is 0 Å². The van der Waals surface area contributed by atoms with Crippen LogP contribution in [0.3, 0.4) is 0 Å². The molecule has 0 radical (unpaired) electrons. The molecular weight excluding hydrogens is 338 g/mol. The minimum absolute atomic E-state index is 0.0696. The molecule has 3 heterocycles. The van der Waals surface area contributed by atoms with Gasteiger partial charge in [0.1, 0.15) is 0 Å². The maximum atomic E-state index is 12.6. The molecule has 1 fully saturated rings. The van der Waals surface area contributed by atoms with Crippen LogP contribution in [0.4, 0.5) is 0 Å². The van der Waals surface area contributed by atoms with Gasteiger partial charge in [0.05, 0.1) is 21.3 Å². The second-order valence-corrected chi connectivity index (χ2v) is 7.89. The van der Waals surface area contributed by atoms with E-state index in [-0.39, 0.29) is 17.6 Å². The van der Waals surface area contributed by atoms with Crippen LogP contribution in [0.2, 0.25) is 0 Å². The molecule has 2 aromatic rings. The number of aryl methyl sites for hydroxylation is 1. The monoisotopic (exact) mass is 361 g/mol. The molecule has 2 aromatic heterocycles. The first-order valence-corrected chi connectivity index (χ1v) is 9.42. The lowest BCUT2D eigenvalue weighted by Crippen LogP contribution is -2.37. The van der Waals surface area contributed by atoms with E-state index >= 15 is 0 Å². The van der Waals surface area contributed by atoms with Crippen LogP contribution in [0.1, 0.15) is 82.1 Å². The lowest BCUT2D eigenvalue weighted by Gasteiger charge is -2.30. The van der Waals surface area contributed by atoms with Gasteiger partial charge < -0.3 is 9.42 Å². The van der Waals surface area contributed by atoms with E-state index in [0.717, 1.165) is 34.1 Å². The van der Waals surface area contributed by atoms with Gasteiger partial charge in [-0.3, -0.25) is 9.59 Å². The van der Waals surface area contributed by atoms with Crippen molar-refractivity contribution in [2.24, 2.45) is 0 Å². The summed E-state index contributed by atoms with van der Waals surface area (Å²) in [6, 6.07) is 1.74. The van der Waals surface area contributed by atoms with E-state index in [9.17, 15) is 9.59 Å². The molecule has 1 aliphatic heterocycles. The highest BCUT2D eigenvalue weighted by Crippen LogP contribution is 2.33. The first kappa shape index (κ1) is 17.8. The third-order valence-corrected chi connectivity index (χ3v) is 6.02. The Hall–Kier alpha value is -2.02. The average molecular weight is 361 g/mol. The molecule has 3 rings (SSSR count). The zero-order valence-electron chi connectivity index (χ0n) is 15.0. The van der Waals surface area contributed by atoms with Gasteiger partial charge in [0.25, 0.3) is 5.91 Å². The summed E-state index contributed by atoms with van der Waals surface area (Å²) in [4.78, 5) is 31.3. The van der Waals surface area contributed by atoms with E-state index in [4.69, 9.17) is 4.52 Å². The molecule has 25 heavy (non-hydrogen) atoms. The standard InChI is InChI=1S/C18H23N3O3S/c1-10(2)14-9-15(24-20-14)18(23)21-7-5-13(6-8-21)17-19-11(3)16(25-17)12(4)22/h9-10,13H,5-8H2,1-4H3. The van der Waals surface area contributed by atoms with Crippen molar-refractivity contribution < 1.29 is 14.1 Å². The summed E-state index contributed by atoms with van der Waals surface area (Å²) in [5.74, 6) is 0.824. The van der Waals surface area contributed by atoms with Crippen molar-refractivity contribution in [3.8, 4) is 0 Å². The van der Waals surface area contributed by atoms with Gasteiger partial charge >= 0.3 is 0 Å². The predicted octanol–water partition coefficient (Wildman–Crippen LogP) is 3.79. The van der Waals surface area contributed by atoms with Crippen molar-refractivity contribution in [2.45, 2.75) is 52.4 Å². The number of carbonyl (C=O) groups is 2. The van der Waals surface area contributed by atoms with Gasteiger partial charge in [0.15, 0.2) is 5.78 Å². The number of hydrogen-bond donors (Lipinski definition) is 0. The Kier molecular flexibility index (Phi) is 5.03. The predicted molar refractivity (Wildman–Crippen MR) is 95.3 cm³/mol. The Morgan fingerprint density at radius 2 is 2.00 bits per heavy atom. The highest BCUT2D eigenvalue weighted by molar-refractivity contribution is 7.13. The van der Waals surface area contributed by atoms with Crippen LogP contribution in [-0.2, 0) is 0 Å². The molecule has 1 saturated heterocycles. The van der Waals surface area contributed by atoms with E-state index in [1.165, 1.54) is 11.3 Å². The highest BCUT2D eigenvalue weighted by atomic mass is 32.1. The molecule has 0 aliphatic carbocycles. The van der Waals surface area contributed by atoms with Crippen LogP contribution >= 0.6 is 11.3 Å². The summed E-state index contributed by atoms with van der Waals surface area (Å²) in [5.41, 5.74) is 1.61. The lowest BCUT2D eigenvalue weighted by molar-refractivity contribution is 0.0670. The van der Waals surface area contributed by atoms with Gasteiger partial charge in [-0.05, 0) is 25.7 Å². The topological polar surface area (TPSA) is 76.3 Å². The summed E-state index contributed by atoms with van der Waals surface area (Å²) >= 11 is 1.49. The third kappa shape index (κ3) is 3.66. The fourth-order valence-corrected chi connectivity index (χ4v) is 4.20. The van der Waals surface area contributed by atoms with Crippen LogP contribution in [0, 0.1) is 6.92 Å². The molecule has 0 aromatic carbocycles. The van der Waals surface area contributed by atoms with Crippen LogP contribution in [0.5, 0.6) is 0 Å². The average Bonchev–Trinajstić information content (AvgIpc) is 3.21. The Morgan fingerprint density at radius 1 is 1.32 bits per heavy atom. The Morgan fingerprint density at radius 3 is 2.52 bits per heavy atom. The van der Waals surface area contributed by atoms with Crippen molar-refractivity contribution in [2.75, 3.05) is 13.1 Å². The van der Waals surface area contributed by atoms with Crippen molar-refractivity contribution in [1.82, 2.24) is 15.0 Å². The number of nitrogens with zero attached hydrogens (tertiary/aromatic N) is 3. The zero-order chi connectivity index (χ0) is 18.1. The SMILES string of the molecule is CC(=O)c1sc(C2CCN(C(=O)c3cc(C(C)C)no3)CC2)nc1C. The van der Waals surface area contributed by atoms with E-state index in [2.05, 4.69) is 10.1 Å². The van der Waals surface area contributed by atoms with E-state index in [0.29, 0.717) is 24.8 Å². The maximum absolute atomic E-state index is 12.6. The van der Waals surface area contributed by atoms with E-state index < -0.39 is 0 Å². The van der Waals surface area contributed by atoms with Crippen molar-refractivity contribution >= 4 is 23.0 Å². The number of ketones is 1. The molecule has 0 unspecified atom stereocenters. The normalized spacial score (nSPS) is 15.8. The summed E-state index contributed by atoms with van der Waals surface area (Å²) in [6.07, 6.45) is 1.70. The number of carbonyl (C=O) groups excluding carboxylic acids is 2. The quantitative estimate of drug-likeness (QED) is 0.775. The highest BCUT2D eigenvalue weighted by Gasteiger charge is 2.29. The first-order chi connectivity index (χ1) is 11.9. The number of amides is 1. The number of piperidine rings is 1. The second kappa shape index (κ2) is 7.07. The molecule has 0 bridgehead atoms. The first-order valence-electron chi connectivity index (χ1n) is 8.61. The molecular formula is C18H23N3O3S. The number of rotatable bonds is 4. The van der Waals surface area contributed by atoms with Gasteiger partial charge in [-0.1, -0.05) is 19.0 Å². The molecule has 0 saturated carbocycles. The van der Waals surface area contributed by atoms with Gasteiger partial charge in [-0.15, -0.1) is 11.3 Å². The number of likely N-dealkylation sites (tertiary alicyclic amines) is 1. The van der Waals surface area contributed by atoms with Gasteiger partial charge in [0, 0.05) is 32.0 Å². The van der Waals surface area contributed by atoms with Crippen LogP contribution in [-0.4, -0.2) is 39.8 Å². The van der Waals surface area contributed by atoms with E-state index in [1.54, 1.807) is 13.0 Å². The number of aromatic nitrogens is 2. The minimum Gasteiger partial charge on any atom is -0.351 e. The Balaban J connectivity index is 1.64. The minimum atomic E-state index is -0.0994. The molecule has 0 spiro atoms. The fourth-order valence-electron chi connectivity index (χ4n) is 3.07. The summed E-state index contributed by atoms with van der Waals surface area (Å²) in [7, 11) is 0. The fraction of sp³-hybridized carbons (Fsp3) is 0.556. The molecule has 7 heteroatoms. The summed E-state index contributed by atoms with van der Waals surface area (Å²) < 4.78 is 5.21. The molecule has 134 valence electrons. The van der Waals surface area contributed by atoms with Crippen molar-refractivity contribution in [3.05, 3.63) is 33.1 Å². The number of thiazole rings is 1. The molecule has 1 aliphatic rings. The zero-order valence-corrected chi connectivity index (χ0v) is 15.9. The maximum Gasteiger partial charge on any atom is 0.292 e. The largest absolute Gasteiger partial charge is 0.351 e. The number of Topliss-reactive ketones (excluding diaryl/α,β-unsaturated/α-hetero) is 1. The number of hydrogen-bond acceptors (Lipinski definition) is 6. The lowest BCUT2D eigenvalue weighted by atomic mass is 9.97. The Labute approximate surface area is 151 Å². The van der Waals surface area contributed by atoms with Gasteiger partial charge in [-0.2, -0.15) is 0 Å². The molecule has 6 nitrogen and oxygen atoms in total. The molecule has 1 amide bonds.